The third kappa shape index (κ3) is 8.56. The van der Waals surface area contributed by atoms with Crippen molar-refractivity contribution in [2.24, 2.45) is 17.8 Å². The van der Waals surface area contributed by atoms with Gasteiger partial charge >= 0.3 is 0 Å². The van der Waals surface area contributed by atoms with Crippen LogP contribution in [0.2, 0.25) is 0 Å². The number of amides is 2. The predicted molar refractivity (Wildman–Crippen MR) is 144 cm³/mol. The van der Waals surface area contributed by atoms with E-state index in [0.717, 1.165) is 24.8 Å². The molecule has 1 aliphatic heterocycles. The van der Waals surface area contributed by atoms with Crippen molar-refractivity contribution in [3.8, 4) is 0 Å². The zero-order valence-corrected chi connectivity index (χ0v) is 23.6. The van der Waals surface area contributed by atoms with Crippen LogP contribution >= 0.6 is 0 Å². The van der Waals surface area contributed by atoms with Crippen LogP contribution in [0.15, 0.2) is 30.3 Å². The first-order chi connectivity index (χ1) is 17.1. The lowest BCUT2D eigenvalue weighted by molar-refractivity contribution is -0.142. The molecule has 1 fully saturated rings. The zero-order valence-electron chi connectivity index (χ0n) is 23.6. The number of carbonyl (C=O) groups is 2. The maximum Gasteiger partial charge on any atom is 0.225 e. The van der Waals surface area contributed by atoms with E-state index < -0.39 is 30.3 Å². The van der Waals surface area contributed by atoms with E-state index in [1.54, 1.807) is 25.9 Å². The lowest BCUT2D eigenvalue weighted by Gasteiger charge is -2.35. The molecule has 8 unspecified atom stereocenters. The third-order valence-corrected chi connectivity index (χ3v) is 7.69. The molecule has 1 aromatic rings. The van der Waals surface area contributed by atoms with Crippen molar-refractivity contribution in [1.29, 1.82) is 0 Å². The van der Waals surface area contributed by atoms with Crippen LogP contribution in [0, 0.1) is 17.8 Å². The van der Waals surface area contributed by atoms with Crippen LogP contribution in [-0.4, -0.2) is 64.9 Å². The Morgan fingerprint density at radius 3 is 2.28 bits per heavy atom. The van der Waals surface area contributed by atoms with E-state index in [1.807, 2.05) is 51.1 Å². The summed E-state index contributed by atoms with van der Waals surface area (Å²) in [5.41, 5.74) is 0.740. The molecule has 7 nitrogen and oxygen atoms in total. The van der Waals surface area contributed by atoms with Crippen LogP contribution in [0.5, 0.6) is 0 Å². The number of aliphatic hydroxyl groups excluding tert-OH is 2. The molecule has 2 amide bonds. The van der Waals surface area contributed by atoms with E-state index in [2.05, 4.69) is 19.2 Å². The highest BCUT2D eigenvalue weighted by molar-refractivity contribution is 5.80. The maximum atomic E-state index is 13.1. The van der Waals surface area contributed by atoms with Gasteiger partial charge in [0.15, 0.2) is 0 Å². The molecule has 1 saturated heterocycles. The number of aliphatic hydroxyl groups is 2. The first kappa shape index (κ1) is 32.1. The number of nitrogens with zero attached hydrogens (tertiary/aromatic N) is 1. The van der Waals surface area contributed by atoms with Crippen LogP contribution in [0.3, 0.4) is 0 Å². The molecule has 1 aliphatic rings. The van der Waals surface area contributed by atoms with Gasteiger partial charge in [-0.25, -0.2) is 0 Å². The number of nitrogens with one attached hydrogen (secondary N) is 1. The highest BCUT2D eigenvalue weighted by Gasteiger charge is 2.40. The molecule has 0 saturated carbocycles. The van der Waals surface area contributed by atoms with E-state index >= 15 is 0 Å². The van der Waals surface area contributed by atoms with Gasteiger partial charge in [0, 0.05) is 13.7 Å². The zero-order chi connectivity index (χ0) is 27.4. The number of methoxy groups -OCH3 is 1. The minimum absolute atomic E-state index is 0.0375. The summed E-state index contributed by atoms with van der Waals surface area (Å²) in [4.78, 5) is 27.9. The molecule has 0 aliphatic carbocycles. The topological polar surface area (TPSA) is 99.1 Å². The number of benzene rings is 1. The first-order valence-electron chi connectivity index (χ1n) is 13.7. The van der Waals surface area contributed by atoms with E-state index in [-0.39, 0.29) is 30.2 Å². The van der Waals surface area contributed by atoms with Crippen molar-refractivity contribution < 1.29 is 24.5 Å². The summed E-state index contributed by atoms with van der Waals surface area (Å²) in [6.07, 6.45) is 0.638. The quantitative estimate of drug-likeness (QED) is 0.392. The summed E-state index contributed by atoms with van der Waals surface area (Å²) in [7, 11) is 1.57. The fraction of sp³-hybridized carbons (Fsp3) is 0.724. The largest absolute Gasteiger partial charge is 0.392 e. The molecule has 0 aromatic heterocycles. The SMILES string of the molecule is CC.CCC(C)C(C)C(O)CC(=O)N1CCCC1C(OC)C(C)C(=O)NC(C)C(O)c1ccccc1. The Labute approximate surface area is 218 Å². The highest BCUT2D eigenvalue weighted by atomic mass is 16.5. The molecular weight excluding hydrogens is 456 g/mol. The molecule has 36 heavy (non-hydrogen) atoms. The van der Waals surface area contributed by atoms with Gasteiger partial charge in [-0.15, -0.1) is 0 Å². The Morgan fingerprint density at radius 1 is 1.11 bits per heavy atom. The smallest absolute Gasteiger partial charge is 0.225 e. The molecule has 1 aromatic carbocycles. The molecule has 2 rings (SSSR count). The lowest BCUT2D eigenvalue weighted by Crippen LogP contribution is -2.51. The minimum atomic E-state index is -0.822. The van der Waals surface area contributed by atoms with Crippen LogP contribution in [0.1, 0.15) is 85.8 Å². The summed E-state index contributed by atoms with van der Waals surface area (Å²) in [6.45, 7) is 14.3. The van der Waals surface area contributed by atoms with Crippen LogP contribution < -0.4 is 5.32 Å². The molecule has 1 heterocycles. The van der Waals surface area contributed by atoms with Crippen LogP contribution in [-0.2, 0) is 14.3 Å². The Balaban J connectivity index is 0.00000316. The predicted octanol–water partition coefficient (Wildman–Crippen LogP) is 4.33. The van der Waals surface area contributed by atoms with Gasteiger partial charge < -0.3 is 25.2 Å². The number of ether oxygens (including phenoxy) is 1. The van der Waals surface area contributed by atoms with Gasteiger partial charge in [0.05, 0.1) is 42.7 Å². The molecule has 7 heteroatoms. The minimum Gasteiger partial charge on any atom is -0.392 e. The van der Waals surface area contributed by atoms with Gasteiger partial charge in [-0.2, -0.15) is 0 Å². The standard InChI is InChI=1S/C27H44N2O5.C2H6/c1-7-17(2)18(3)23(30)16-24(31)29-15-11-14-22(29)26(34-6)19(4)27(33)28-20(5)25(32)21-12-9-8-10-13-21;1-2/h8-10,12-13,17-20,22-23,25-26,30,32H,7,11,14-16H2,1-6H3,(H,28,33);1-2H3. The third-order valence-electron chi connectivity index (χ3n) is 7.69. The van der Waals surface area contributed by atoms with Gasteiger partial charge in [0.2, 0.25) is 11.8 Å². The summed E-state index contributed by atoms with van der Waals surface area (Å²) in [5.74, 6) is -0.458. The van der Waals surface area contributed by atoms with Crippen molar-refractivity contribution >= 4 is 11.8 Å². The van der Waals surface area contributed by atoms with Gasteiger partial charge in [-0.05, 0) is 37.2 Å². The number of likely N-dealkylation sites (tertiary alicyclic amines) is 1. The number of hydrogen-bond acceptors (Lipinski definition) is 5. The maximum absolute atomic E-state index is 13.1. The normalized spacial score (nSPS) is 21.3. The van der Waals surface area contributed by atoms with Gasteiger partial charge in [-0.1, -0.05) is 78.3 Å². The average molecular weight is 507 g/mol. The van der Waals surface area contributed by atoms with Gasteiger partial charge in [0.1, 0.15) is 0 Å². The highest BCUT2D eigenvalue weighted by Crippen LogP contribution is 2.29. The number of carbonyl (C=O) groups excluding carboxylic acids is 2. The summed E-state index contributed by atoms with van der Waals surface area (Å²) in [6, 6.07) is 8.53. The Bertz CT molecular complexity index is 774. The number of rotatable bonds is 12. The lowest BCUT2D eigenvalue weighted by atomic mass is 9.87. The first-order valence-corrected chi connectivity index (χ1v) is 13.7. The van der Waals surface area contributed by atoms with Crippen molar-refractivity contribution in [2.45, 2.75) is 105 Å². The van der Waals surface area contributed by atoms with Gasteiger partial charge in [0.25, 0.3) is 0 Å². The molecule has 0 spiro atoms. The average Bonchev–Trinajstić information content (AvgIpc) is 3.38. The summed E-state index contributed by atoms with van der Waals surface area (Å²) in [5, 5.41) is 24.1. The molecule has 8 atom stereocenters. The van der Waals surface area contributed by atoms with Crippen LogP contribution in [0.4, 0.5) is 0 Å². The number of hydrogen-bond donors (Lipinski definition) is 3. The van der Waals surface area contributed by atoms with Gasteiger partial charge in [-0.3, -0.25) is 9.59 Å². The van der Waals surface area contributed by atoms with E-state index in [4.69, 9.17) is 4.74 Å². The van der Waals surface area contributed by atoms with Crippen molar-refractivity contribution in [3.63, 3.8) is 0 Å². The Morgan fingerprint density at radius 2 is 1.72 bits per heavy atom. The molecule has 206 valence electrons. The molecule has 0 radical (unpaired) electrons. The monoisotopic (exact) mass is 506 g/mol. The second-order valence-corrected chi connectivity index (χ2v) is 9.95. The molecular formula is C29H50N2O5. The Kier molecular flexibility index (Phi) is 14.3. The summed E-state index contributed by atoms with van der Waals surface area (Å²) >= 11 is 0. The molecule has 0 bridgehead atoms. The second-order valence-electron chi connectivity index (χ2n) is 9.95. The fourth-order valence-electron chi connectivity index (χ4n) is 4.89. The van der Waals surface area contributed by atoms with Crippen molar-refractivity contribution in [1.82, 2.24) is 10.2 Å². The van der Waals surface area contributed by atoms with Crippen molar-refractivity contribution in [2.75, 3.05) is 13.7 Å². The van der Waals surface area contributed by atoms with Crippen molar-refractivity contribution in [3.05, 3.63) is 35.9 Å². The summed E-state index contributed by atoms with van der Waals surface area (Å²) < 4.78 is 5.75. The van der Waals surface area contributed by atoms with E-state index in [0.29, 0.717) is 12.5 Å². The fourth-order valence-corrected chi connectivity index (χ4v) is 4.89. The van der Waals surface area contributed by atoms with E-state index in [9.17, 15) is 19.8 Å². The van der Waals surface area contributed by atoms with E-state index in [1.165, 1.54) is 0 Å². The Hall–Kier alpha value is -1.96. The molecule has 3 N–H and O–H groups in total. The second kappa shape index (κ2) is 16.0. The van der Waals surface area contributed by atoms with Crippen LogP contribution in [0.25, 0.3) is 0 Å².